The Morgan fingerprint density at radius 2 is 2.04 bits per heavy atom. The van der Waals surface area contributed by atoms with E-state index < -0.39 is 0 Å². The first kappa shape index (κ1) is 17.7. The van der Waals surface area contributed by atoms with E-state index in [1.807, 2.05) is 30.3 Å². The first-order valence-electron chi connectivity index (χ1n) is 8.79. The summed E-state index contributed by atoms with van der Waals surface area (Å²) < 4.78 is 10.6. The predicted molar refractivity (Wildman–Crippen MR) is 105 cm³/mol. The number of esters is 1. The summed E-state index contributed by atoms with van der Waals surface area (Å²) in [6, 6.07) is 15.5. The quantitative estimate of drug-likeness (QED) is 0.641. The largest absolute Gasteiger partial charge is 0.492 e. The van der Waals surface area contributed by atoms with Crippen molar-refractivity contribution in [2.75, 3.05) is 20.3 Å². The van der Waals surface area contributed by atoms with Gasteiger partial charge in [-0.3, -0.25) is 4.90 Å². The molecule has 138 valence electrons. The third kappa shape index (κ3) is 4.02. The maximum Gasteiger partial charge on any atom is 0.337 e. The summed E-state index contributed by atoms with van der Waals surface area (Å²) in [4.78, 5) is 18.7. The number of rotatable bonds is 4. The number of carbonyl (C=O) groups excluding carboxylic acids is 1. The Morgan fingerprint density at radius 1 is 1.22 bits per heavy atom. The molecule has 0 bridgehead atoms. The van der Waals surface area contributed by atoms with Crippen LogP contribution < -0.4 is 4.74 Å². The van der Waals surface area contributed by atoms with Crippen molar-refractivity contribution in [3.8, 4) is 16.3 Å². The zero-order valence-electron chi connectivity index (χ0n) is 15.1. The minimum Gasteiger partial charge on any atom is -0.492 e. The first-order chi connectivity index (χ1) is 13.2. The third-order valence-corrected chi connectivity index (χ3v) is 5.46. The van der Waals surface area contributed by atoms with Gasteiger partial charge >= 0.3 is 5.97 Å². The molecule has 0 atom stereocenters. The number of methoxy groups -OCH3 is 1. The van der Waals surface area contributed by atoms with E-state index in [4.69, 9.17) is 14.5 Å². The van der Waals surface area contributed by atoms with Crippen molar-refractivity contribution in [2.24, 2.45) is 0 Å². The molecule has 0 saturated carbocycles. The van der Waals surface area contributed by atoms with E-state index in [0.29, 0.717) is 12.2 Å². The SMILES string of the molecule is COC(=O)c1ccc(-c2nc(CN3CCOc4ccccc4C3)cs2)cc1. The van der Waals surface area contributed by atoms with Crippen LogP contribution in [0.3, 0.4) is 0 Å². The molecule has 0 amide bonds. The Kier molecular flexibility index (Phi) is 5.18. The molecule has 0 fully saturated rings. The number of thiazole rings is 1. The Labute approximate surface area is 162 Å². The average Bonchev–Trinajstić information content (AvgIpc) is 3.07. The molecule has 1 aliphatic rings. The van der Waals surface area contributed by atoms with Gasteiger partial charge in [0.2, 0.25) is 0 Å². The van der Waals surface area contributed by atoms with Crippen LogP contribution in [0.4, 0.5) is 0 Å². The fourth-order valence-corrected chi connectivity index (χ4v) is 3.94. The molecule has 27 heavy (non-hydrogen) atoms. The van der Waals surface area contributed by atoms with Gasteiger partial charge in [-0.15, -0.1) is 11.3 Å². The summed E-state index contributed by atoms with van der Waals surface area (Å²) in [6.45, 7) is 3.20. The molecule has 3 aromatic rings. The summed E-state index contributed by atoms with van der Waals surface area (Å²) in [6.07, 6.45) is 0. The molecule has 0 aliphatic carbocycles. The summed E-state index contributed by atoms with van der Waals surface area (Å²) in [5.41, 5.74) is 3.81. The first-order valence-corrected chi connectivity index (χ1v) is 9.67. The van der Waals surface area contributed by atoms with Crippen molar-refractivity contribution >= 4 is 17.3 Å². The van der Waals surface area contributed by atoms with Crippen LogP contribution in [0.5, 0.6) is 5.75 Å². The standard InChI is InChI=1S/C21H20N2O3S/c1-25-21(24)16-8-6-15(7-9-16)20-22-18(14-27-20)13-23-10-11-26-19-5-3-2-4-17(19)12-23/h2-9,14H,10-13H2,1H3. The number of carbonyl (C=O) groups is 1. The molecule has 0 N–H and O–H groups in total. The van der Waals surface area contributed by atoms with E-state index in [-0.39, 0.29) is 5.97 Å². The maximum atomic E-state index is 11.6. The van der Waals surface area contributed by atoms with E-state index in [1.54, 1.807) is 23.5 Å². The second-order valence-corrected chi connectivity index (χ2v) is 7.24. The predicted octanol–water partition coefficient (Wildman–Crippen LogP) is 3.99. The maximum absolute atomic E-state index is 11.6. The lowest BCUT2D eigenvalue weighted by atomic mass is 10.1. The van der Waals surface area contributed by atoms with Gasteiger partial charge in [-0.2, -0.15) is 0 Å². The van der Waals surface area contributed by atoms with Crippen LogP contribution in [0, 0.1) is 0 Å². The topological polar surface area (TPSA) is 51.7 Å². The lowest BCUT2D eigenvalue weighted by Crippen LogP contribution is -2.25. The highest BCUT2D eigenvalue weighted by atomic mass is 32.1. The van der Waals surface area contributed by atoms with Gasteiger partial charge in [0.25, 0.3) is 0 Å². The molecule has 0 spiro atoms. The molecular formula is C21H20N2O3S. The van der Waals surface area contributed by atoms with E-state index in [1.165, 1.54) is 12.7 Å². The number of ether oxygens (including phenoxy) is 2. The van der Waals surface area contributed by atoms with Gasteiger partial charge < -0.3 is 9.47 Å². The van der Waals surface area contributed by atoms with Crippen molar-refractivity contribution in [3.63, 3.8) is 0 Å². The van der Waals surface area contributed by atoms with E-state index >= 15 is 0 Å². The molecule has 6 heteroatoms. The van der Waals surface area contributed by atoms with Crippen molar-refractivity contribution in [2.45, 2.75) is 13.1 Å². The fourth-order valence-electron chi connectivity index (χ4n) is 3.12. The van der Waals surface area contributed by atoms with Crippen LogP contribution in [-0.4, -0.2) is 36.1 Å². The molecule has 1 aromatic heterocycles. The summed E-state index contributed by atoms with van der Waals surface area (Å²) in [5, 5.41) is 3.05. The second kappa shape index (κ2) is 7.90. The number of benzene rings is 2. The third-order valence-electron chi connectivity index (χ3n) is 4.52. The highest BCUT2D eigenvalue weighted by Crippen LogP contribution is 2.27. The monoisotopic (exact) mass is 380 g/mol. The summed E-state index contributed by atoms with van der Waals surface area (Å²) >= 11 is 1.62. The van der Waals surface area contributed by atoms with Crippen molar-refractivity contribution in [1.82, 2.24) is 9.88 Å². The summed E-state index contributed by atoms with van der Waals surface area (Å²) in [5.74, 6) is 0.648. The van der Waals surface area contributed by atoms with Crippen LogP contribution in [0.25, 0.3) is 10.6 Å². The lowest BCUT2D eigenvalue weighted by molar-refractivity contribution is 0.0601. The fraction of sp³-hybridized carbons (Fsp3) is 0.238. The Morgan fingerprint density at radius 3 is 2.85 bits per heavy atom. The molecule has 2 heterocycles. The molecular weight excluding hydrogens is 360 g/mol. The average molecular weight is 380 g/mol. The number of fused-ring (bicyclic) bond motifs is 1. The zero-order valence-corrected chi connectivity index (χ0v) is 15.9. The van der Waals surface area contributed by atoms with Gasteiger partial charge in [0.15, 0.2) is 0 Å². The molecule has 1 aliphatic heterocycles. The number of aromatic nitrogens is 1. The smallest absolute Gasteiger partial charge is 0.337 e. The van der Waals surface area contributed by atoms with E-state index in [9.17, 15) is 4.79 Å². The molecule has 0 radical (unpaired) electrons. The minimum absolute atomic E-state index is 0.329. The summed E-state index contributed by atoms with van der Waals surface area (Å²) in [7, 11) is 1.38. The Bertz CT molecular complexity index is 937. The highest BCUT2D eigenvalue weighted by molar-refractivity contribution is 7.13. The number of nitrogens with zero attached hydrogens (tertiary/aromatic N) is 2. The van der Waals surface area contributed by atoms with Crippen LogP contribution in [-0.2, 0) is 17.8 Å². The van der Waals surface area contributed by atoms with Crippen LogP contribution in [0.1, 0.15) is 21.6 Å². The molecule has 4 rings (SSSR count). The van der Waals surface area contributed by atoms with Gasteiger partial charge in [0.05, 0.1) is 18.4 Å². The van der Waals surface area contributed by atoms with Gasteiger partial charge in [-0.25, -0.2) is 9.78 Å². The Hall–Kier alpha value is -2.70. The minimum atomic E-state index is -0.329. The second-order valence-electron chi connectivity index (χ2n) is 6.38. The number of hydrogen-bond acceptors (Lipinski definition) is 6. The zero-order chi connectivity index (χ0) is 18.6. The van der Waals surface area contributed by atoms with E-state index in [0.717, 1.165) is 41.6 Å². The van der Waals surface area contributed by atoms with E-state index in [2.05, 4.69) is 16.3 Å². The van der Waals surface area contributed by atoms with Gasteiger partial charge in [0, 0.05) is 36.1 Å². The van der Waals surface area contributed by atoms with Gasteiger partial charge in [-0.05, 0) is 18.2 Å². The number of hydrogen-bond donors (Lipinski definition) is 0. The van der Waals surface area contributed by atoms with Crippen molar-refractivity contribution in [1.29, 1.82) is 0 Å². The number of para-hydroxylation sites is 1. The van der Waals surface area contributed by atoms with Crippen LogP contribution >= 0.6 is 11.3 Å². The van der Waals surface area contributed by atoms with Crippen LogP contribution in [0.2, 0.25) is 0 Å². The molecule has 2 aromatic carbocycles. The highest BCUT2D eigenvalue weighted by Gasteiger charge is 2.16. The molecule has 5 nitrogen and oxygen atoms in total. The normalized spacial score (nSPS) is 14.1. The van der Waals surface area contributed by atoms with Crippen LogP contribution in [0.15, 0.2) is 53.9 Å². The molecule has 0 saturated heterocycles. The lowest BCUT2D eigenvalue weighted by Gasteiger charge is -2.17. The Balaban J connectivity index is 1.46. The van der Waals surface area contributed by atoms with Gasteiger partial charge in [0.1, 0.15) is 17.4 Å². The van der Waals surface area contributed by atoms with Crippen molar-refractivity contribution < 1.29 is 14.3 Å². The van der Waals surface area contributed by atoms with Gasteiger partial charge in [-0.1, -0.05) is 30.3 Å². The molecule has 0 unspecified atom stereocenters. The van der Waals surface area contributed by atoms with Crippen molar-refractivity contribution in [3.05, 3.63) is 70.7 Å².